The Kier molecular flexibility index (Phi) is 7.27. The number of fused-ring (bicyclic) bond motifs is 1. The number of benzene rings is 1. The fraction of sp³-hybridized carbons (Fsp3) is 0.360. The number of pyridine rings is 1. The van der Waals surface area contributed by atoms with Crippen molar-refractivity contribution in [3.8, 4) is 23.1 Å². The van der Waals surface area contributed by atoms with Crippen LogP contribution in [0, 0.1) is 11.3 Å². The van der Waals surface area contributed by atoms with Crippen LogP contribution in [0.5, 0.6) is 5.75 Å². The van der Waals surface area contributed by atoms with E-state index in [2.05, 4.69) is 26.3 Å². The zero-order chi connectivity index (χ0) is 27.6. The first-order chi connectivity index (χ1) is 17.9. The number of carboxylic acid groups (broad SMARTS) is 1. The number of rotatable bonds is 7. The van der Waals surface area contributed by atoms with Gasteiger partial charge in [-0.25, -0.2) is 24.1 Å². The highest BCUT2D eigenvalue weighted by atomic mass is 19.1. The smallest absolute Gasteiger partial charge is 0.407 e. The third-order valence-electron chi connectivity index (χ3n) is 5.85. The molecular weight excluding hydrogens is 497 g/mol. The minimum Gasteiger partial charge on any atom is -0.491 e. The molecule has 0 aliphatic carbocycles. The molecule has 0 unspecified atom stereocenters. The summed E-state index contributed by atoms with van der Waals surface area (Å²) in [5.74, 6) is -0.270. The van der Waals surface area contributed by atoms with Gasteiger partial charge >= 0.3 is 6.09 Å². The molecule has 0 saturated carbocycles. The fourth-order valence-electron chi connectivity index (χ4n) is 4.15. The van der Waals surface area contributed by atoms with Gasteiger partial charge in [-0.15, -0.1) is 0 Å². The van der Waals surface area contributed by atoms with E-state index in [4.69, 9.17) is 10.5 Å². The van der Waals surface area contributed by atoms with E-state index in [9.17, 15) is 29.5 Å². The normalized spacial score (nSPS) is 17.6. The molecule has 4 rings (SSSR count). The highest BCUT2D eigenvalue weighted by molar-refractivity contribution is 6.07. The van der Waals surface area contributed by atoms with Crippen molar-refractivity contribution >= 4 is 28.9 Å². The summed E-state index contributed by atoms with van der Waals surface area (Å²) in [6.07, 6.45) is -1.37. The zero-order valence-electron chi connectivity index (χ0n) is 20.7. The standard InChI is InChI=1S/C25H26FN7O5/c1-25(2,37)11-38-16-3-4-17(13(5-16)8-27)19-7-18(22(28)34)20-21(32-19)23(30-12-29-20)31-15-6-14(26)9-33(10-15)24(35)36/h3-5,7,12,14-15,37H,6,9-11H2,1-2H3,(H2,28,34)(H,35,36)(H,29,30,31)/t14-,15-/m0/s1. The number of hydrogen-bond donors (Lipinski definition) is 4. The topological polar surface area (TPSA) is 188 Å². The van der Waals surface area contributed by atoms with Crippen molar-refractivity contribution in [1.82, 2.24) is 19.9 Å². The lowest BCUT2D eigenvalue weighted by Gasteiger charge is -2.33. The molecule has 0 radical (unpaired) electrons. The Bertz CT molecular complexity index is 1440. The number of primary amides is 1. The Morgan fingerprint density at radius 2 is 2.05 bits per heavy atom. The number of likely N-dealkylation sites (tertiary alicyclic amines) is 1. The van der Waals surface area contributed by atoms with Gasteiger partial charge < -0.3 is 30.9 Å². The van der Waals surface area contributed by atoms with E-state index in [-0.39, 0.29) is 59.8 Å². The number of anilines is 1. The van der Waals surface area contributed by atoms with Gasteiger partial charge in [-0.1, -0.05) is 0 Å². The van der Waals surface area contributed by atoms with Gasteiger partial charge in [0.1, 0.15) is 35.9 Å². The Morgan fingerprint density at radius 1 is 1.29 bits per heavy atom. The monoisotopic (exact) mass is 523 g/mol. The van der Waals surface area contributed by atoms with Crippen molar-refractivity contribution in [2.45, 2.75) is 38.1 Å². The van der Waals surface area contributed by atoms with Gasteiger partial charge in [0, 0.05) is 24.6 Å². The molecule has 1 aromatic carbocycles. The van der Waals surface area contributed by atoms with Crippen molar-refractivity contribution in [2.24, 2.45) is 5.73 Å². The minimum atomic E-state index is -1.37. The Balaban J connectivity index is 1.77. The van der Waals surface area contributed by atoms with Crippen LogP contribution in [-0.4, -0.2) is 79.6 Å². The molecule has 2 amide bonds. The SMILES string of the molecule is CC(C)(O)COc1ccc(-c2cc(C(N)=O)c3ncnc(N[C@H]4C[C@H](F)CN(C(=O)O)C4)c3n2)c(C#N)c1. The second-order valence-electron chi connectivity index (χ2n) is 9.62. The lowest BCUT2D eigenvalue weighted by molar-refractivity contribution is 0.0285. The first kappa shape index (κ1) is 26.5. The third-order valence-corrected chi connectivity index (χ3v) is 5.85. The summed E-state index contributed by atoms with van der Waals surface area (Å²) in [6, 6.07) is 7.56. The van der Waals surface area contributed by atoms with Crippen LogP contribution in [0.2, 0.25) is 0 Å². The predicted molar refractivity (Wildman–Crippen MR) is 134 cm³/mol. The Morgan fingerprint density at radius 3 is 2.71 bits per heavy atom. The lowest BCUT2D eigenvalue weighted by Crippen LogP contribution is -2.49. The van der Waals surface area contributed by atoms with Gasteiger partial charge in [-0.3, -0.25) is 4.79 Å². The van der Waals surface area contributed by atoms with Crippen LogP contribution < -0.4 is 15.8 Å². The Labute approximate surface area is 216 Å². The summed E-state index contributed by atoms with van der Waals surface area (Å²) in [6.45, 7) is 2.98. The second kappa shape index (κ2) is 10.4. The number of nitrogens with one attached hydrogen (secondary N) is 1. The first-order valence-corrected chi connectivity index (χ1v) is 11.7. The van der Waals surface area contributed by atoms with Crippen LogP contribution >= 0.6 is 0 Å². The molecule has 198 valence electrons. The summed E-state index contributed by atoms with van der Waals surface area (Å²) >= 11 is 0. The van der Waals surface area contributed by atoms with Crippen molar-refractivity contribution < 1.29 is 28.9 Å². The summed E-state index contributed by atoms with van der Waals surface area (Å²) < 4.78 is 19.8. The van der Waals surface area contributed by atoms with E-state index in [0.29, 0.717) is 11.3 Å². The predicted octanol–water partition coefficient (Wildman–Crippen LogP) is 2.31. The number of nitrogens with two attached hydrogens (primary N) is 1. The number of carbonyl (C=O) groups excluding carboxylic acids is 1. The third kappa shape index (κ3) is 5.87. The molecule has 5 N–H and O–H groups in total. The van der Waals surface area contributed by atoms with E-state index < -0.39 is 29.8 Å². The maximum absolute atomic E-state index is 14.2. The number of ether oxygens (including phenoxy) is 1. The molecule has 0 bridgehead atoms. The fourth-order valence-corrected chi connectivity index (χ4v) is 4.15. The number of alkyl halides is 1. The van der Waals surface area contributed by atoms with Crippen molar-refractivity contribution in [3.63, 3.8) is 0 Å². The minimum absolute atomic E-state index is 0.00381. The van der Waals surface area contributed by atoms with Crippen LogP contribution in [0.3, 0.4) is 0 Å². The summed E-state index contributed by atoms with van der Waals surface area (Å²) in [7, 11) is 0. The molecule has 3 aromatic rings. The maximum atomic E-state index is 14.2. The zero-order valence-corrected chi connectivity index (χ0v) is 20.7. The van der Waals surface area contributed by atoms with E-state index in [1.807, 2.05) is 0 Å². The average molecular weight is 524 g/mol. The lowest BCUT2D eigenvalue weighted by atomic mass is 10.0. The molecule has 3 heterocycles. The molecule has 2 aromatic heterocycles. The first-order valence-electron chi connectivity index (χ1n) is 11.7. The molecule has 0 spiro atoms. The van der Waals surface area contributed by atoms with Crippen LogP contribution in [-0.2, 0) is 0 Å². The molecule has 1 aliphatic heterocycles. The van der Waals surface area contributed by atoms with E-state index in [1.165, 1.54) is 18.5 Å². The second-order valence-corrected chi connectivity index (χ2v) is 9.62. The number of carbonyl (C=O) groups is 2. The summed E-state index contributed by atoms with van der Waals surface area (Å²) in [5, 5.41) is 32.0. The molecule has 38 heavy (non-hydrogen) atoms. The molecule has 2 atom stereocenters. The average Bonchev–Trinajstić information content (AvgIpc) is 2.86. The van der Waals surface area contributed by atoms with Gasteiger partial charge in [0.25, 0.3) is 5.91 Å². The van der Waals surface area contributed by atoms with Gasteiger partial charge in [0.15, 0.2) is 5.82 Å². The van der Waals surface area contributed by atoms with Gasteiger partial charge in [-0.05, 0) is 38.1 Å². The molecule has 1 aliphatic rings. The van der Waals surface area contributed by atoms with Crippen molar-refractivity contribution in [2.75, 3.05) is 25.0 Å². The molecule has 12 nitrogen and oxygen atoms in total. The number of aromatic nitrogens is 3. The van der Waals surface area contributed by atoms with Gasteiger partial charge in [0.2, 0.25) is 0 Å². The van der Waals surface area contributed by atoms with Gasteiger partial charge in [0.05, 0.1) is 35.0 Å². The van der Waals surface area contributed by atoms with E-state index in [0.717, 1.165) is 4.90 Å². The molecule has 1 saturated heterocycles. The number of piperidine rings is 1. The van der Waals surface area contributed by atoms with Gasteiger partial charge in [-0.2, -0.15) is 5.26 Å². The molecule has 1 fully saturated rings. The molecular formula is C25H26FN7O5. The van der Waals surface area contributed by atoms with Crippen molar-refractivity contribution in [3.05, 3.63) is 41.7 Å². The maximum Gasteiger partial charge on any atom is 0.407 e. The number of hydrogen-bond acceptors (Lipinski definition) is 9. The summed E-state index contributed by atoms with van der Waals surface area (Å²) in [5.41, 5.74) is 5.67. The van der Waals surface area contributed by atoms with Crippen LogP contribution in [0.15, 0.2) is 30.6 Å². The van der Waals surface area contributed by atoms with E-state index in [1.54, 1.807) is 26.0 Å². The van der Waals surface area contributed by atoms with Crippen LogP contribution in [0.1, 0.15) is 36.2 Å². The van der Waals surface area contributed by atoms with Crippen LogP contribution in [0.25, 0.3) is 22.3 Å². The number of aliphatic hydroxyl groups is 1. The number of halogens is 1. The molecule has 13 heteroatoms. The van der Waals surface area contributed by atoms with Crippen molar-refractivity contribution in [1.29, 1.82) is 5.26 Å². The number of amides is 2. The quantitative estimate of drug-likeness (QED) is 0.358. The highest BCUT2D eigenvalue weighted by Crippen LogP contribution is 2.31. The largest absolute Gasteiger partial charge is 0.491 e. The Hall–Kier alpha value is -4.57. The highest BCUT2D eigenvalue weighted by Gasteiger charge is 2.31. The number of nitriles is 1. The van der Waals surface area contributed by atoms with E-state index >= 15 is 0 Å². The summed E-state index contributed by atoms with van der Waals surface area (Å²) in [4.78, 5) is 37.7. The van der Waals surface area contributed by atoms with Crippen LogP contribution in [0.4, 0.5) is 15.0 Å². The number of nitrogens with zero attached hydrogens (tertiary/aromatic N) is 5.